The average molecular weight is 380 g/mol. The van der Waals surface area contributed by atoms with E-state index in [-0.39, 0.29) is 23.5 Å². The van der Waals surface area contributed by atoms with Crippen molar-refractivity contribution in [3.8, 4) is 0 Å². The normalized spacial score (nSPS) is 21.6. The number of anilines is 1. The van der Waals surface area contributed by atoms with Crippen LogP contribution in [-0.4, -0.2) is 35.1 Å². The van der Waals surface area contributed by atoms with Crippen LogP contribution in [0.15, 0.2) is 42.7 Å². The summed E-state index contributed by atoms with van der Waals surface area (Å²) in [4.78, 5) is 23.4. The Balaban J connectivity index is 1.32. The maximum Gasteiger partial charge on any atom is 0.315 e. The summed E-state index contributed by atoms with van der Waals surface area (Å²) in [7, 11) is 0. The molecule has 2 aromatic rings. The number of nitrogens with zero attached hydrogens (tertiary/aromatic N) is 3. The van der Waals surface area contributed by atoms with Crippen molar-refractivity contribution in [2.45, 2.75) is 57.0 Å². The zero-order valence-electron chi connectivity index (χ0n) is 16.7. The number of urea groups is 1. The second-order valence-electron chi connectivity index (χ2n) is 8.49. The number of carbonyl (C=O) groups excluding carboxylic acids is 1. The smallest absolute Gasteiger partial charge is 0.315 e. The van der Waals surface area contributed by atoms with E-state index in [2.05, 4.69) is 63.6 Å². The van der Waals surface area contributed by atoms with Crippen molar-refractivity contribution in [1.82, 2.24) is 20.6 Å². The minimum absolute atomic E-state index is 0.0612. The van der Waals surface area contributed by atoms with Crippen LogP contribution in [0.25, 0.3) is 0 Å². The molecule has 1 aromatic carbocycles. The Kier molecular flexibility index (Phi) is 5.20. The molecule has 148 valence electrons. The van der Waals surface area contributed by atoms with Gasteiger partial charge in [-0.1, -0.05) is 38.1 Å². The standard InChI is InChI=1S/C22H29N5O/c1-22(2)11-8-19(17-6-3-4-7-18(17)22)26-21(28)25-16-9-14-27(15-10-16)20-23-12-5-13-24-20/h3-7,12-13,16,19H,8-11,14-15H2,1-2H3,(H2,25,26,28)/t19-/m0/s1. The largest absolute Gasteiger partial charge is 0.341 e. The quantitative estimate of drug-likeness (QED) is 0.856. The molecule has 2 amide bonds. The van der Waals surface area contributed by atoms with Crippen LogP contribution in [0.2, 0.25) is 0 Å². The molecule has 1 aromatic heterocycles. The third-order valence-corrected chi connectivity index (χ3v) is 6.09. The Labute approximate surface area is 166 Å². The summed E-state index contributed by atoms with van der Waals surface area (Å²) in [6, 6.07) is 10.5. The van der Waals surface area contributed by atoms with Gasteiger partial charge in [-0.3, -0.25) is 0 Å². The first-order valence-electron chi connectivity index (χ1n) is 10.2. The van der Waals surface area contributed by atoms with Gasteiger partial charge in [0.2, 0.25) is 5.95 Å². The van der Waals surface area contributed by atoms with E-state index >= 15 is 0 Å². The number of fused-ring (bicyclic) bond motifs is 1. The summed E-state index contributed by atoms with van der Waals surface area (Å²) in [5, 5.41) is 6.39. The number of aromatic nitrogens is 2. The van der Waals surface area contributed by atoms with Gasteiger partial charge in [0.25, 0.3) is 0 Å². The second kappa shape index (κ2) is 7.78. The Morgan fingerprint density at radius 1 is 1.04 bits per heavy atom. The number of piperidine rings is 1. The molecule has 2 heterocycles. The van der Waals surface area contributed by atoms with Gasteiger partial charge in [-0.05, 0) is 48.3 Å². The molecule has 2 aliphatic rings. The van der Waals surface area contributed by atoms with Crippen LogP contribution in [0.1, 0.15) is 56.7 Å². The molecule has 1 saturated heterocycles. The van der Waals surface area contributed by atoms with Gasteiger partial charge in [-0.25, -0.2) is 14.8 Å². The molecule has 28 heavy (non-hydrogen) atoms. The highest BCUT2D eigenvalue weighted by atomic mass is 16.2. The van der Waals surface area contributed by atoms with E-state index in [9.17, 15) is 4.79 Å². The van der Waals surface area contributed by atoms with E-state index in [1.807, 2.05) is 6.07 Å². The molecule has 0 saturated carbocycles. The van der Waals surface area contributed by atoms with Gasteiger partial charge < -0.3 is 15.5 Å². The summed E-state index contributed by atoms with van der Waals surface area (Å²) in [5.41, 5.74) is 2.77. The van der Waals surface area contributed by atoms with Crippen molar-refractivity contribution in [2.24, 2.45) is 0 Å². The van der Waals surface area contributed by atoms with E-state index in [0.717, 1.165) is 44.7 Å². The van der Waals surface area contributed by atoms with E-state index in [1.165, 1.54) is 11.1 Å². The van der Waals surface area contributed by atoms with Crippen LogP contribution < -0.4 is 15.5 Å². The number of amides is 2. The van der Waals surface area contributed by atoms with Crippen LogP contribution in [-0.2, 0) is 5.41 Å². The number of nitrogens with one attached hydrogen (secondary N) is 2. The highest BCUT2D eigenvalue weighted by Gasteiger charge is 2.33. The summed E-state index contributed by atoms with van der Waals surface area (Å²) in [5.74, 6) is 0.770. The molecule has 1 aliphatic heterocycles. The van der Waals surface area contributed by atoms with Crippen LogP contribution in [0, 0.1) is 0 Å². The third kappa shape index (κ3) is 3.96. The fourth-order valence-electron chi connectivity index (χ4n) is 4.43. The monoisotopic (exact) mass is 379 g/mol. The topological polar surface area (TPSA) is 70.2 Å². The number of benzene rings is 1. The Morgan fingerprint density at radius 3 is 2.50 bits per heavy atom. The van der Waals surface area contributed by atoms with Crippen molar-refractivity contribution >= 4 is 12.0 Å². The van der Waals surface area contributed by atoms with Crippen molar-refractivity contribution in [2.75, 3.05) is 18.0 Å². The SMILES string of the molecule is CC1(C)CC[C@H](NC(=O)NC2CCN(c3ncccn3)CC2)c2ccccc21. The van der Waals surface area contributed by atoms with E-state index in [4.69, 9.17) is 0 Å². The molecule has 4 rings (SSSR count). The van der Waals surface area contributed by atoms with Gasteiger partial charge in [0.15, 0.2) is 0 Å². The molecular weight excluding hydrogens is 350 g/mol. The molecule has 1 fully saturated rings. The van der Waals surface area contributed by atoms with E-state index in [0.29, 0.717) is 0 Å². The Morgan fingerprint density at radius 2 is 1.75 bits per heavy atom. The van der Waals surface area contributed by atoms with Crippen molar-refractivity contribution in [3.05, 3.63) is 53.9 Å². The molecule has 1 aliphatic carbocycles. The van der Waals surface area contributed by atoms with Crippen LogP contribution in [0.4, 0.5) is 10.7 Å². The average Bonchev–Trinajstić information content (AvgIpc) is 2.72. The molecular formula is C22H29N5O. The molecule has 0 bridgehead atoms. The summed E-state index contributed by atoms with van der Waals surface area (Å²) in [6.45, 7) is 6.28. The molecule has 2 N–H and O–H groups in total. The zero-order chi connectivity index (χ0) is 19.6. The first-order chi connectivity index (χ1) is 13.5. The zero-order valence-corrected chi connectivity index (χ0v) is 16.7. The van der Waals surface area contributed by atoms with Gasteiger partial charge in [0.1, 0.15) is 0 Å². The lowest BCUT2D eigenvalue weighted by Crippen LogP contribution is -2.49. The minimum Gasteiger partial charge on any atom is -0.341 e. The number of carbonyl (C=O) groups is 1. The van der Waals surface area contributed by atoms with Crippen LogP contribution in [0.3, 0.4) is 0 Å². The number of hydrogen-bond acceptors (Lipinski definition) is 4. The number of rotatable bonds is 3. The van der Waals surface area contributed by atoms with E-state index < -0.39 is 0 Å². The molecule has 6 heteroatoms. The lowest BCUT2D eigenvalue weighted by molar-refractivity contribution is 0.227. The van der Waals surface area contributed by atoms with Crippen molar-refractivity contribution in [1.29, 1.82) is 0 Å². The minimum atomic E-state index is -0.0612. The lowest BCUT2D eigenvalue weighted by Gasteiger charge is -2.38. The molecule has 0 unspecified atom stereocenters. The van der Waals surface area contributed by atoms with Crippen LogP contribution >= 0.6 is 0 Å². The predicted molar refractivity (Wildman–Crippen MR) is 110 cm³/mol. The number of hydrogen-bond donors (Lipinski definition) is 2. The Bertz CT molecular complexity index is 815. The van der Waals surface area contributed by atoms with Crippen molar-refractivity contribution in [3.63, 3.8) is 0 Å². The fourth-order valence-corrected chi connectivity index (χ4v) is 4.43. The molecule has 0 radical (unpaired) electrons. The molecule has 6 nitrogen and oxygen atoms in total. The van der Waals surface area contributed by atoms with Gasteiger partial charge in [0, 0.05) is 31.5 Å². The van der Waals surface area contributed by atoms with Gasteiger partial charge >= 0.3 is 6.03 Å². The van der Waals surface area contributed by atoms with Crippen molar-refractivity contribution < 1.29 is 4.79 Å². The third-order valence-electron chi connectivity index (χ3n) is 6.09. The predicted octanol–water partition coefficient (Wildman–Crippen LogP) is 3.56. The van der Waals surface area contributed by atoms with Gasteiger partial charge in [-0.15, -0.1) is 0 Å². The lowest BCUT2D eigenvalue weighted by atomic mass is 9.71. The second-order valence-corrected chi connectivity index (χ2v) is 8.49. The maximum atomic E-state index is 12.6. The first-order valence-corrected chi connectivity index (χ1v) is 10.2. The first kappa shape index (κ1) is 18.7. The summed E-state index contributed by atoms with van der Waals surface area (Å²) >= 11 is 0. The van der Waals surface area contributed by atoms with Crippen LogP contribution in [0.5, 0.6) is 0 Å². The van der Waals surface area contributed by atoms with Gasteiger partial charge in [-0.2, -0.15) is 0 Å². The maximum absolute atomic E-state index is 12.6. The fraction of sp³-hybridized carbons (Fsp3) is 0.500. The summed E-state index contributed by atoms with van der Waals surface area (Å²) in [6.07, 6.45) is 7.39. The van der Waals surface area contributed by atoms with E-state index in [1.54, 1.807) is 12.4 Å². The summed E-state index contributed by atoms with van der Waals surface area (Å²) < 4.78 is 0. The molecule has 1 atom stereocenters. The highest BCUT2D eigenvalue weighted by Crippen LogP contribution is 2.41. The Hall–Kier alpha value is -2.63. The van der Waals surface area contributed by atoms with Gasteiger partial charge in [0.05, 0.1) is 6.04 Å². The highest BCUT2D eigenvalue weighted by molar-refractivity contribution is 5.75. The molecule has 0 spiro atoms.